The van der Waals surface area contributed by atoms with Gasteiger partial charge >= 0.3 is 12.1 Å². The highest BCUT2D eigenvalue weighted by molar-refractivity contribution is 7.99. The second-order valence-corrected chi connectivity index (χ2v) is 6.85. The third kappa shape index (κ3) is 7.05. The lowest BCUT2D eigenvalue weighted by molar-refractivity contribution is -0.139. The van der Waals surface area contributed by atoms with Crippen LogP contribution < -0.4 is 9.47 Å². The Kier molecular flexibility index (Phi) is 7.41. The Morgan fingerprint density at radius 2 is 1.81 bits per heavy atom. The van der Waals surface area contributed by atoms with Gasteiger partial charge in [-0.3, -0.25) is 0 Å². The maximum Gasteiger partial charge on any atom is 0.416 e. The van der Waals surface area contributed by atoms with Crippen molar-refractivity contribution in [1.82, 2.24) is 0 Å². The zero-order valence-electron chi connectivity index (χ0n) is 14.6. The monoisotopic (exact) mass is 400 g/mol. The molecular weight excluding hydrogens is 381 g/mol. The molecule has 4 nitrogen and oxygen atoms in total. The third-order valence-corrected chi connectivity index (χ3v) is 4.59. The lowest BCUT2D eigenvalue weighted by Gasteiger charge is -2.10. The second-order valence-electron chi connectivity index (χ2n) is 5.68. The molecular formula is C19H19F3O4S. The van der Waals surface area contributed by atoms with E-state index in [1.807, 2.05) is 19.1 Å². The Balaban J connectivity index is 1.72. The summed E-state index contributed by atoms with van der Waals surface area (Å²) < 4.78 is 48.1. The molecule has 2 rings (SSSR count). The van der Waals surface area contributed by atoms with Crippen molar-refractivity contribution in [3.8, 4) is 11.5 Å². The molecule has 0 saturated carbocycles. The highest BCUT2D eigenvalue weighted by Crippen LogP contribution is 2.30. The largest absolute Gasteiger partial charge is 0.494 e. The van der Waals surface area contributed by atoms with Crippen molar-refractivity contribution in [3.63, 3.8) is 0 Å². The van der Waals surface area contributed by atoms with E-state index >= 15 is 0 Å². The van der Waals surface area contributed by atoms with Gasteiger partial charge in [-0.25, -0.2) is 4.79 Å². The Labute approximate surface area is 159 Å². The van der Waals surface area contributed by atoms with Gasteiger partial charge < -0.3 is 14.6 Å². The fourth-order valence-electron chi connectivity index (χ4n) is 2.19. The van der Waals surface area contributed by atoms with Crippen LogP contribution in [0.4, 0.5) is 13.2 Å². The van der Waals surface area contributed by atoms with Crippen molar-refractivity contribution >= 4 is 17.7 Å². The molecule has 0 aliphatic heterocycles. The molecule has 2 aromatic carbocycles. The average molecular weight is 400 g/mol. The number of carboxylic acid groups (broad SMARTS) is 1. The van der Waals surface area contributed by atoms with Crippen molar-refractivity contribution in [3.05, 3.63) is 53.6 Å². The van der Waals surface area contributed by atoms with Crippen molar-refractivity contribution in [2.75, 3.05) is 19.0 Å². The molecule has 0 aliphatic carbocycles. The fourth-order valence-corrected chi connectivity index (χ4v) is 3.11. The number of carboxylic acids is 1. The maximum atomic E-state index is 12.5. The van der Waals surface area contributed by atoms with Gasteiger partial charge in [0.05, 0.1) is 12.2 Å². The minimum atomic E-state index is -4.35. The van der Waals surface area contributed by atoms with Crippen LogP contribution in [0, 0.1) is 6.92 Å². The second kappa shape index (κ2) is 9.55. The van der Waals surface area contributed by atoms with E-state index < -0.39 is 17.7 Å². The SMILES string of the molecule is Cc1cc(SCCCOc2ccc(C(F)(F)F)cc2)ccc1OCC(=O)O. The van der Waals surface area contributed by atoms with Crippen molar-refractivity contribution in [2.45, 2.75) is 24.4 Å². The number of aliphatic carboxylic acids is 1. The van der Waals surface area contributed by atoms with Crippen LogP contribution in [0.2, 0.25) is 0 Å². The number of benzene rings is 2. The molecule has 2 aromatic rings. The summed E-state index contributed by atoms with van der Waals surface area (Å²) in [5.41, 5.74) is 0.152. The van der Waals surface area contributed by atoms with E-state index in [0.717, 1.165) is 34.8 Å². The molecule has 0 saturated heterocycles. The van der Waals surface area contributed by atoms with Crippen LogP contribution in [-0.2, 0) is 11.0 Å². The summed E-state index contributed by atoms with van der Waals surface area (Å²) >= 11 is 1.61. The molecule has 0 aliphatic rings. The van der Waals surface area contributed by atoms with Crippen molar-refractivity contribution in [2.24, 2.45) is 0 Å². The number of ether oxygens (including phenoxy) is 2. The Hall–Kier alpha value is -2.35. The van der Waals surface area contributed by atoms with Crippen LogP contribution in [-0.4, -0.2) is 30.0 Å². The average Bonchev–Trinajstić information content (AvgIpc) is 2.60. The summed E-state index contributed by atoms with van der Waals surface area (Å²) in [5.74, 6) is 0.687. The predicted octanol–water partition coefficient (Wildman–Crippen LogP) is 5.04. The summed E-state index contributed by atoms with van der Waals surface area (Å²) in [6, 6.07) is 10.1. The van der Waals surface area contributed by atoms with Gasteiger partial charge in [0.15, 0.2) is 6.61 Å². The molecule has 0 amide bonds. The molecule has 0 heterocycles. The number of carbonyl (C=O) groups is 1. The fraction of sp³-hybridized carbons (Fsp3) is 0.316. The molecule has 0 unspecified atom stereocenters. The maximum absolute atomic E-state index is 12.5. The predicted molar refractivity (Wildman–Crippen MR) is 96.6 cm³/mol. The van der Waals surface area contributed by atoms with Crippen LogP contribution in [0.15, 0.2) is 47.4 Å². The topological polar surface area (TPSA) is 55.8 Å². The first kappa shape index (κ1) is 21.0. The number of aryl methyl sites for hydroxylation is 1. The van der Waals surface area contributed by atoms with E-state index in [1.54, 1.807) is 17.8 Å². The number of halogens is 3. The van der Waals surface area contributed by atoms with Gasteiger partial charge in [0.1, 0.15) is 11.5 Å². The van der Waals surface area contributed by atoms with E-state index in [-0.39, 0.29) is 6.61 Å². The van der Waals surface area contributed by atoms with Gasteiger partial charge in [0, 0.05) is 10.6 Å². The number of hydrogen-bond acceptors (Lipinski definition) is 4. The standard InChI is InChI=1S/C19H19F3O4S/c1-13-11-16(7-8-17(13)26-12-18(23)24)27-10-2-9-25-15-5-3-14(4-6-15)19(20,21)22/h3-8,11H,2,9-10,12H2,1H3,(H,23,24). The van der Waals surface area contributed by atoms with Gasteiger partial charge in [-0.2, -0.15) is 13.2 Å². The van der Waals surface area contributed by atoms with Gasteiger partial charge in [-0.15, -0.1) is 11.8 Å². The van der Waals surface area contributed by atoms with E-state index in [2.05, 4.69) is 0 Å². The summed E-state index contributed by atoms with van der Waals surface area (Å²) in [5, 5.41) is 8.63. The molecule has 0 atom stereocenters. The highest BCUT2D eigenvalue weighted by atomic mass is 32.2. The van der Waals surface area contributed by atoms with E-state index in [0.29, 0.717) is 18.1 Å². The molecule has 1 N–H and O–H groups in total. The van der Waals surface area contributed by atoms with Gasteiger partial charge in [0.2, 0.25) is 0 Å². The Morgan fingerprint density at radius 3 is 2.41 bits per heavy atom. The van der Waals surface area contributed by atoms with Gasteiger partial charge in [-0.1, -0.05) is 0 Å². The van der Waals surface area contributed by atoms with Crippen LogP contribution in [0.1, 0.15) is 17.5 Å². The number of alkyl halides is 3. The van der Waals surface area contributed by atoms with Gasteiger partial charge in [-0.05, 0) is 61.4 Å². The third-order valence-electron chi connectivity index (χ3n) is 3.51. The summed E-state index contributed by atoms with van der Waals surface area (Å²) in [7, 11) is 0. The van der Waals surface area contributed by atoms with Gasteiger partial charge in [0.25, 0.3) is 0 Å². The zero-order chi connectivity index (χ0) is 19.9. The molecule has 0 bridgehead atoms. The lowest BCUT2D eigenvalue weighted by Crippen LogP contribution is -2.10. The van der Waals surface area contributed by atoms with Crippen LogP contribution in [0.25, 0.3) is 0 Å². The van der Waals surface area contributed by atoms with Crippen LogP contribution in [0.5, 0.6) is 11.5 Å². The Morgan fingerprint density at radius 1 is 1.11 bits per heavy atom. The zero-order valence-corrected chi connectivity index (χ0v) is 15.4. The highest BCUT2D eigenvalue weighted by Gasteiger charge is 2.29. The van der Waals surface area contributed by atoms with E-state index in [1.165, 1.54) is 12.1 Å². The molecule has 27 heavy (non-hydrogen) atoms. The first-order chi connectivity index (χ1) is 12.8. The van der Waals surface area contributed by atoms with Crippen molar-refractivity contribution in [1.29, 1.82) is 0 Å². The minimum absolute atomic E-state index is 0.380. The molecule has 0 spiro atoms. The summed E-state index contributed by atoms with van der Waals surface area (Å²) in [6.45, 7) is 1.86. The summed E-state index contributed by atoms with van der Waals surface area (Å²) in [4.78, 5) is 11.5. The van der Waals surface area contributed by atoms with Crippen LogP contribution >= 0.6 is 11.8 Å². The number of rotatable bonds is 9. The minimum Gasteiger partial charge on any atom is -0.494 e. The first-order valence-electron chi connectivity index (χ1n) is 8.14. The number of hydrogen-bond donors (Lipinski definition) is 1. The van der Waals surface area contributed by atoms with Crippen LogP contribution in [0.3, 0.4) is 0 Å². The quantitative estimate of drug-likeness (QED) is 0.472. The van der Waals surface area contributed by atoms with E-state index in [4.69, 9.17) is 14.6 Å². The first-order valence-corrected chi connectivity index (χ1v) is 9.12. The summed E-state index contributed by atoms with van der Waals surface area (Å²) in [6.07, 6.45) is -3.62. The Bertz CT molecular complexity index is 761. The number of thioether (sulfide) groups is 1. The van der Waals surface area contributed by atoms with Crippen molar-refractivity contribution < 1.29 is 32.5 Å². The molecule has 146 valence electrons. The molecule has 0 radical (unpaired) electrons. The normalized spacial score (nSPS) is 11.3. The lowest BCUT2D eigenvalue weighted by atomic mass is 10.2. The molecule has 0 fully saturated rings. The molecule has 8 heteroatoms. The molecule has 0 aromatic heterocycles. The smallest absolute Gasteiger partial charge is 0.416 e. The van der Waals surface area contributed by atoms with E-state index in [9.17, 15) is 18.0 Å².